The zero-order chi connectivity index (χ0) is 18.8. The molecule has 7 nitrogen and oxygen atoms in total. The van der Waals surface area contributed by atoms with Gasteiger partial charge in [-0.05, 0) is 26.0 Å². The van der Waals surface area contributed by atoms with Gasteiger partial charge < -0.3 is 14.1 Å². The van der Waals surface area contributed by atoms with E-state index in [1.54, 1.807) is 0 Å². The van der Waals surface area contributed by atoms with Crippen LogP contribution in [0.5, 0.6) is 0 Å². The van der Waals surface area contributed by atoms with Gasteiger partial charge in [0.25, 0.3) is 0 Å². The maximum absolute atomic E-state index is 12.4. The number of ether oxygens (including phenoxy) is 1. The third kappa shape index (κ3) is 3.72. The van der Waals surface area contributed by atoms with Gasteiger partial charge >= 0.3 is 0 Å². The van der Waals surface area contributed by atoms with E-state index in [2.05, 4.69) is 24.0 Å². The molecule has 1 amide bonds. The molecule has 1 aliphatic rings. The molecule has 0 radical (unpaired) electrons. The molecule has 3 aromatic rings. The van der Waals surface area contributed by atoms with Crippen molar-refractivity contribution in [3.63, 3.8) is 0 Å². The highest BCUT2D eigenvalue weighted by molar-refractivity contribution is 7.99. The van der Waals surface area contributed by atoms with Gasteiger partial charge in [0.1, 0.15) is 5.58 Å². The lowest BCUT2D eigenvalue weighted by Crippen LogP contribution is -2.41. The van der Waals surface area contributed by atoms with Gasteiger partial charge in [-0.25, -0.2) is 0 Å². The maximum Gasteiger partial charge on any atom is 0.233 e. The number of carbonyl (C=O) groups is 1. The monoisotopic (exact) mass is 386 g/mol. The van der Waals surface area contributed by atoms with E-state index in [0.717, 1.165) is 16.1 Å². The second-order valence-corrected chi connectivity index (χ2v) is 7.64. The van der Waals surface area contributed by atoms with Crippen molar-refractivity contribution in [3.8, 4) is 11.6 Å². The highest BCUT2D eigenvalue weighted by Crippen LogP contribution is 2.31. The average molecular weight is 386 g/mol. The molecule has 2 aromatic heterocycles. The third-order valence-electron chi connectivity index (χ3n) is 4.52. The molecule has 0 unspecified atom stereocenters. The Morgan fingerprint density at radius 1 is 1.22 bits per heavy atom. The summed E-state index contributed by atoms with van der Waals surface area (Å²) in [6.45, 7) is 6.66. The molecule has 0 atom stereocenters. The quantitative estimate of drug-likeness (QED) is 0.627. The first-order valence-corrected chi connectivity index (χ1v) is 10.0. The number of morpholine rings is 1. The van der Waals surface area contributed by atoms with E-state index in [1.807, 2.05) is 39.8 Å². The van der Waals surface area contributed by atoms with Crippen LogP contribution in [0.1, 0.15) is 19.9 Å². The predicted octanol–water partition coefficient (Wildman–Crippen LogP) is 3.22. The largest absolute Gasteiger partial charge is 0.453 e. The number of fused-ring (bicyclic) bond motifs is 1. The van der Waals surface area contributed by atoms with Crippen molar-refractivity contribution in [2.24, 2.45) is 0 Å². The zero-order valence-electron chi connectivity index (χ0n) is 15.4. The van der Waals surface area contributed by atoms with E-state index in [1.165, 1.54) is 11.8 Å². The van der Waals surface area contributed by atoms with Gasteiger partial charge in [0, 0.05) is 24.5 Å². The summed E-state index contributed by atoms with van der Waals surface area (Å²) < 4.78 is 13.3. The number of hydrogen-bond donors (Lipinski definition) is 0. The molecule has 0 N–H and O–H groups in total. The number of benzene rings is 1. The molecule has 0 saturated carbocycles. The summed E-state index contributed by atoms with van der Waals surface area (Å²) in [6.07, 6.45) is 0. The second-order valence-electron chi connectivity index (χ2n) is 6.70. The lowest BCUT2D eigenvalue weighted by atomic mass is 10.2. The average Bonchev–Trinajstić information content (AvgIpc) is 3.30. The van der Waals surface area contributed by atoms with E-state index < -0.39 is 0 Å². The molecular weight excluding hydrogens is 364 g/mol. The van der Waals surface area contributed by atoms with Crippen LogP contribution in [-0.2, 0) is 9.53 Å². The van der Waals surface area contributed by atoms with Gasteiger partial charge in [-0.3, -0.25) is 9.36 Å². The minimum Gasteiger partial charge on any atom is -0.453 e. The Morgan fingerprint density at radius 3 is 2.74 bits per heavy atom. The highest BCUT2D eigenvalue weighted by Gasteiger charge is 2.22. The summed E-state index contributed by atoms with van der Waals surface area (Å²) >= 11 is 1.42. The van der Waals surface area contributed by atoms with Gasteiger partial charge in [-0.2, -0.15) is 0 Å². The van der Waals surface area contributed by atoms with Crippen molar-refractivity contribution in [1.29, 1.82) is 0 Å². The molecule has 1 saturated heterocycles. The Morgan fingerprint density at radius 2 is 2.00 bits per heavy atom. The van der Waals surface area contributed by atoms with E-state index in [-0.39, 0.29) is 11.9 Å². The molecule has 8 heteroatoms. The predicted molar refractivity (Wildman–Crippen MR) is 104 cm³/mol. The summed E-state index contributed by atoms with van der Waals surface area (Å²) in [5.74, 6) is 1.81. The van der Waals surface area contributed by atoms with Crippen LogP contribution in [0.3, 0.4) is 0 Å². The van der Waals surface area contributed by atoms with Gasteiger partial charge in [0.2, 0.25) is 11.7 Å². The van der Waals surface area contributed by atoms with Crippen molar-refractivity contribution in [2.75, 3.05) is 32.1 Å². The van der Waals surface area contributed by atoms with Crippen LogP contribution in [0.15, 0.2) is 39.9 Å². The first-order valence-electron chi connectivity index (χ1n) is 9.05. The van der Waals surface area contributed by atoms with Crippen LogP contribution in [0.2, 0.25) is 0 Å². The smallest absolute Gasteiger partial charge is 0.233 e. The minimum atomic E-state index is 0.104. The van der Waals surface area contributed by atoms with Gasteiger partial charge in [-0.15, -0.1) is 10.2 Å². The highest BCUT2D eigenvalue weighted by atomic mass is 32.2. The number of amides is 1. The fourth-order valence-electron chi connectivity index (χ4n) is 3.13. The Kier molecular flexibility index (Phi) is 5.18. The first-order chi connectivity index (χ1) is 13.1. The summed E-state index contributed by atoms with van der Waals surface area (Å²) in [4.78, 5) is 14.3. The number of nitrogens with zero attached hydrogens (tertiary/aromatic N) is 4. The lowest BCUT2D eigenvalue weighted by molar-refractivity contribution is -0.132. The number of hydrogen-bond acceptors (Lipinski definition) is 6. The number of thioether (sulfide) groups is 1. The molecule has 0 aliphatic carbocycles. The molecule has 1 fully saturated rings. The number of furan rings is 1. The maximum atomic E-state index is 12.4. The summed E-state index contributed by atoms with van der Waals surface area (Å²) in [5.41, 5.74) is 0.822. The normalized spacial score (nSPS) is 15.0. The van der Waals surface area contributed by atoms with E-state index >= 15 is 0 Å². The molecule has 1 aliphatic heterocycles. The van der Waals surface area contributed by atoms with Gasteiger partial charge in [0.05, 0.1) is 19.0 Å². The fourth-order valence-corrected chi connectivity index (χ4v) is 4.10. The van der Waals surface area contributed by atoms with Crippen molar-refractivity contribution in [2.45, 2.75) is 25.0 Å². The van der Waals surface area contributed by atoms with Crippen LogP contribution >= 0.6 is 11.8 Å². The number of aromatic nitrogens is 3. The zero-order valence-corrected chi connectivity index (χ0v) is 16.2. The Balaban J connectivity index is 1.56. The molecule has 27 heavy (non-hydrogen) atoms. The molecular formula is C19H22N4O3S. The van der Waals surface area contributed by atoms with Crippen LogP contribution in [0.4, 0.5) is 0 Å². The number of carbonyl (C=O) groups excluding carboxylic acids is 1. The molecule has 4 rings (SSSR count). The van der Waals surface area contributed by atoms with Crippen molar-refractivity contribution in [3.05, 3.63) is 30.3 Å². The van der Waals surface area contributed by atoms with Gasteiger partial charge in [-0.1, -0.05) is 30.0 Å². The minimum absolute atomic E-state index is 0.104. The fraction of sp³-hybridized carbons (Fsp3) is 0.421. The van der Waals surface area contributed by atoms with E-state index in [0.29, 0.717) is 43.6 Å². The third-order valence-corrected chi connectivity index (χ3v) is 5.44. The van der Waals surface area contributed by atoms with Crippen LogP contribution in [-0.4, -0.2) is 57.6 Å². The standard InChI is InChI=1S/C19H22N4O3S/c1-13(2)23-18(16-11-14-5-3-4-6-15(14)26-16)20-21-19(23)27-12-17(24)22-7-9-25-10-8-22/h3-6,11,13H,7-10,12H2,1-2H3. The second kappa shape index (κ2) is 7.74. The van der Waals surface area contributed by atoms with Crippen molar-refractivity contribution >= 4 is 28.6 Å². The molecule has 1 aromatic carbocycles. The molecule has 142 valence electrons. The molecule has 0 bridgehead atoms. The van der Waals surface area contributed by atoms with Crippen LogP contribution in [0.25, 0.3) is 22.6 Å². The first kappa shape index (κ1) is 18.1. The summed E-state index contributed by atoms with van der Waals surface area (Å²) in [5, 5.41) is 10.4. The number of rotatable bonds is 5. The van der Waals surface area contributed by atoms with E-state index in [4.69, 9.17) is 9.15 Å². The van der Waals surface area contributed by atoms with Crippen molar-refractivity contribution < 1.29 is 13.9 Å². The lowest BCUT2D eigenvalue weighted by Gasteiger charge is -2.26. The van der Waals surface area contributed by atoms with E-state index in [9.17, 15) is 4.79 Å². The Hall–Kier alpha value is -2.32. The van der Waals surface area contributed by atoms with Crippen LogP contribution < -0.4 is 0 Å². The summed E-state index contributed by atoms with van der Waals surface area (Å²) in [6, 6.07) is 9.99. The number of para-hydroxylation sites is 1. The SMILES string of the molecule is CC(C)n1c(SCC(=O)N2CCOCC2)nnc1-c1cc2ccccc2o1. The Labute approximate surface area is 161 Å². The van der Waals surface area contributed by atoms with Crippen LogP contribution in [0, 0.1) is 0 Å². The summed E-state index contributed by atoms with van der Waals surface area (Å²) in [7, 11) is 0. The van der Waals surface area contributed by atoms with Gasteiger partial charge in [0.15, 0.2) is 10.9 Å². The Bertz CT molecular complexity index is 910. The molecule has 0 spiro atoms. The topological polar surface area (TPSA) is 73.4 Å². The van der Waals surface area contributed by atoms with Crippen molar-refractivity contribution in [1.82, 2.24) is 19.7 Å². The molecule has 3 heterocycles.